The minimum atomic E-state index is 0.178. The molecule has 0 aliphatic carbocycles. The molecule has 4 nitrogen and oxygen atoms in total. The van der Waals surface area contributed by atoms with Gasteiger partial charge in [-0.2, -0.15) is 0 Å². The quantitative estimate of drug-likeness (QED) is 0.785. The summed E-state index contributed by atoms with van der Waals surface area (Å²) >= 11 is 6.13. The number of hydrogen-bond acceptors (Lipinski definition) is 3. The molecule has 0 radical (unpaired) electrons. The van der Waals surface area contributed by atoms with Gasteiger partial charge in [-0.05, 0) is 18.6 Å². The number of benzene rings is 1. The normalized spacial score (nSPS) is 12.3. The summed E-state index contributed by atoms with van der Waals surface area (Å²) in [6.07, 6.45) is 0.928. The third kappa shape index (κ3) is 3.77. The van der Waals surface area contributed by atoms with Gasteiger partial charge in [0.05, 0.1) is 25.8 Å². The lowest BCUT2D eigenvalue weighted by Crippen LogP contribution is -2.89. The Bertz CT molecular complexity index is 381. The maximum absolute atomic E-state index is 9.14. The molecule has 0 aliphatic heterocycles. The van der Waals surface area contributed by atoms with Crippen LogP contribution in [0.1, 0.15) is 18.9 Å². The molecule has 1 aromatic carbocycles. The summed E-state index contributed by atoms with van der Waals surface area (Å²) in [7, 11) is 3.15. The second kappa shape index (κ2) is 7.46. The van der Waals surface area contributed by atoms with E-state index in [0.717, 1.165) is 18.5 Å². The van der Waals surface area contributed by atoms with Crippen molar-refractivity contribution in [2.75, 3.05) is 20.8 Å². The maximum Gasteiger partial charge on any atom is 0.179 e. The van der Waals surface area contributed by atoms with Crippen LogP contribution in [-0.2, 0) is 6.54 Å². The minimum absolute atomic E-state index is 0.178. The summed E-state index contributed by atoms with van der Waals surface area (Å²) in [5, 5.41) is 11.8. The zero-order valence-electron chi connectivity index (χ0n) is 11.1. The van der Waals surface area contributed by atoms with Crippen LogP contribution < -0.4 is 14.8 Å². The number of methoxy groups -OCH3 is 2. The molecule has 0 spiro atoms. The van der Waals surface area contributed by atoms with E-state index in [9.17, 15) is 0 Å². The molecule has 1 aromatic rings. The summed E-state index contributed by atoms with van der Waals surface area (Å²) in [5.74, 6) is 1.18. The molecule has 0 aliphatic rings. The van der Waals surface area contributed by atoms with E-state index in [1.807, 2.05) is 12.1 Å². The Labute approximate surface area is 113 Å². The molecule has 5 heteroatoms. The molecule has 0 aromatic heterocycles. The van der Waals surface area contributed by atoms with Gasteiger partial charge >= 0.3 is 0 Å². The third-order valence-electron chi connectivity index (χ3n) is 2.94. The second-order valence-corrected chi connectivity index (χ2v) is 4.51. The molecule has 1 rings (SSSR count). The molecule has 0 saturated carbocycles. The van der Waals surface area contributed by atoms with Crippen LogP contribution in [0.2, 0.25) is 5.02 Å². The summed E-state index contributed by atoms with van der Waals surface area (Å²) in [6.45, 7) is 2.98. The highest BCUT2D eigenvalue weighted by molar-refractivity contribution is 6.32. The van der Waals surface area contributed by atoms with Crippen LogP contribution in [0.4, 0.5) is 0 Å². The number of nitrogens with two attached hydrogens (primary N) is 1. The van der Waals surface area contributed by atoms with Crippen LogP contribution in [0, 0.1) is 0 Å². The number of hydrogen-bond donors (Lipinski definition) is 2. The van der Waals surface area contributed by atoms with Gasteiger partial charge in [-0.3, -0.25) is 0 Å². The molecular formula is C13H21ClNO3+. The average Bonchev–Trinajstić information content (AvgIpc) is 2.39. The van der Waals surface area contributed by atoms with Gasteiger partial charge in [0.15, 0.2) is 11.5 Å². The predicted octanol–water partition coefficient (Wildman–Crippen LogP) is 1.19. The molecule has 0 amide bonds. The van der Waals surface area contributed by atoms with Crippen LogP contribution in [0.15, 0.2) is 12.1 Å². The fourth-order valence-electron chi connectivity index (χ4n) is 1.76. The maximum atomic E-state index is 9.14. The van der Waals surface area contributed by atoms with Crippen LogP contribution in [-0.4, -0.2) is 32.0 Å². The molecule has 0 unspecified atom stereocenters. The molecule has 3 N–H and O–H groups in total. The zero-order chi connectivity index (χ0) is 13.5. The Balaban J connectivity index is 2.81. The summed E-state index contributed by atoms with van der Waals surface area (Å²) in [5.41, 5.74) is 1.05. The van der Waals surface area contributed by atoms with Gasteiger partial charge in [0.1, 0.15) is 12.6 Å². The van der Waals surface area contributed by atoms with E-state index in [4.69, 9.17) is 26.2 Å². The lowest BCUT2D eigenvalue weighted by molar-refractivity contribution is -0.706. The number of aliphatic hydroxyl groups excluding tert-OH is 1. The number of quaternary nitrogens is 1. The third-order valence-corrected chi connectivity index (χ3v) is 3.22. The van der Waals surface area contributed by atoms with Gasteiger partial charge in [0.25, 0.3) is 0 Å². The minimum Gasteiger partial charge on any atom is -0.493 e. The van der Waals surface area contributed by atoms with Crippen molar-refractivity contribution in [3.8, 4) is 11.5 Å². The van der Waals surface area contributed by atoms with Crippen molar-refractivity contribution >= 4 is 11.6 Å². The molecule has 0 fully saturated rings. The Morgan fingerprint density at radius 1 is 1.33 bits per heavy atom. The van der Waals surface area contributed by atoms with Crippen LogP contribution >= 0.6 is 11.6 Å². The standard InChI is InChI=1S/C13H20ClNO3/c1-4-10(8-16)15-7-9-5-11(14)13(18-3)12(6-9)17-2/h5-6,10,15-16H,4,7-8H2,1-3H3/p+1/t10-/m0/s1. The molecule has 0 bridgehead atoms. The molecule has 0 saturated heterocycles. The number of ether oxygens (including phenoxy) is 2. The highest BCUT2D eigenvalue weighted by Crippen LogP contribution is 2.35. The van der Waals surface area contributed by atoms with E-state index in [0.29, 0.717) is 16.5 Å². The van der Waals surface area contributed by atoms with Crippen molar-refractivity contribution in [3.63, 3.8) is 0 Å². The smallest absolute Gasteiger partial charge is 0.179 e. The summed E-state index contributed by atoms with van der Waals surface area (Å²) in [6, 6.07) is 3.99. The molecule has 0 heterocycles. The van der Waals surface area contributed by atoms with Gasteiger partial charge in [0.2, 0.25) is 0 Å². The number of halogens is 1. The van der Waals surface area contributed by atoms with Gasteiger partial charge in [-0.15, -0.1) is 0 Å². The SMILES string of the molecule is CC[C@@H](CO)[NH2+]Cc1cc(Cl)c(OC)c(OC)c1. The van der Waals surface area contributed by atoms with Crippen LogP contribution in [0.25, 0.3) is 0 Å². The Kier molecular flexibility index (Phi) is 6.25. The highest BCUT2D eigenvalue weighted by atomic mass is 35.5. The summed E-state index contributed by atoms with van der Waals surface area (Å²) < 4.78 is 10.4. The highest BCUT2D eigenvalue weighted by Gasteiger charge is 2.13. The molecule has 18 heavy (non-hydrogen) atoms. The average molecular weight is 275 g/mol. The Morgan fingerprint density at radius 2 is 2.06 bits per heavy atom. The van der Waals surface area contributed by atoms with E-state index < -0.39 is 0 Å². The lowest BCUT2D eigenvalue weighted by atomic mass is 10.1. The fraction of sp³-hybridized carbons (Fsp3) is 0.538. The molecule has 1 atom stereocenters. The Hall–Kier alpha value is -0.970. The van der Waals surface area contributed by atoms with Crippen molar-refractivity contribution in [1.29, 1.82) is 0 Å². The monoisotopic (exact) mass is 274 g/mol. The first kappa shape index (κ1) is 15.1. The first-order chi connectivity index (χ1) is 8.65. The van der Waals surface area contributed by atoms with Crippen LogP contribution in [0.5, 0.6) is 11.5 Å². The van der Waals surface area contributed by atoms with E-state index in [1.165, 1.54) is 0 Å². The van der Waals surface area contributed by atoms with Gasteiger partial charge in [-0.25, -0.2) is 0 Å². The van der Waals surface area contributed by atoms with E-state index in [-0.39, 0.29) is 12.6 Å². The Morgan fingerprint density at radius 3 is 2.56 bits per heavy atom. The van der Waals surface area contributed by atoms with Crippen LogP contribution in [0.3, 0.4) is 0 Å². The van der Waals surface area contributed by atoms with Crippen molar-refractivity contribution in [2.45, 2.75) is 25.9 Å². The first-order valence-corrected chi connectivity index (χ1v) is 6.38. The van der Waals surface area contributed by atoms with Crippen molar-refractivity contribution in [2.24, 2.45) is 0 Å². The summed E-state index contributed by atoms with van der Waals surface area (Å²) in [4.78, 5) is 0. The molecule has 102 valence electrons. The van der Waals surface area contributed by atoms with Crippen molar-refractivity contribution in [1.82, 2.24) is 0 Å². The fourth-order valence-corrected chi connectivity index (χ4v) is 2.07. The number of aliphatic hydroxyl groups is 1. The first-order valence-electron chi connectivity index (χ1n) is 6.00. The predicted molar refractivity (Wildman–Crippen MR) is 71.4 cm³/mol. The van der Waals surface area contributed by atoms with E-state index >= 15 is 0 Å². The van der Waals surface area contributed by atoms with Gasteiger partial charge < -0.3 is 19.9 Å². The van der Waals surface area contributed by atoms with Gasteiger partial charge in [0, 0.05) is 5.56 Å². The van der Waals surface area contributed by atoms with Crippen molar-refractivity contribution < 1.29 is 19.9 Å². The lowest BCUT2D eigenvalue weighted by Gasteiger charge is -2.13. The molecular weight excluding hydrogens is 254 g/mol. The second-order valence-electron chi connectivity index (χ2n) is 4.10. The van der Waals surface area contributed by atoms with E-state index in [2.05, 4.69) is 12.2 Å². The topological polar surface area (TPSA) is 55.3 Å². The zero-order valence-corrected chi connectivity index (χ0v) is 11.8. The number of rotatable bonds is 7. The van der Waals surface area contributed by atoms with Crippen molar-refractivity contribution in [3.05, 3.63) is 22.7 Å². The largest absolute Gasteiger partial charge is 0.493 e. The van der Waals surface area contributed by atoms with E-state index in [1.54, 1.807) is 14.2 Å². The van der Waals surface area contributed by atoms with Gasteiger partial charge in [-0.1, -0.05) is 18.5 Å².